The van der Waals surface area contributed by atoms with Crippen LogP contribution in [0.1, 0.15) is 5.56 Å². The molecule has 2 heteroatoms. The molecule has 1 N–H and O–H groups in total. The Kier molecular flexibility index (Phi) is 4.30. The lowest BCUT2D eigenvalue weighted by molar-refractivity contribution is 0.922. The molecule has 0 aliphatic heterocycles. The Morgan fingerprint density at radius 1 is 1.27 bits per heavy atom. The monoisotopic (exact) mass is 219 g/mol. The summed E-state index contributed by atoms with van der Waals surface area (Å²) >= 11 is 0. The summed E-state index contributed by atoms with van der Waals surface area (Å²) in [6.45, 7) is 8.06. The van der Waals surface area contributed by atoms with Crippen molar-refractivity contribution in [2.45, 2.75) is 19.6 Å². The van der Waals surface area contributed by atoms with Crippen molar-refractivity contribution in [2.75, 3.05) is 13.6 Å². The average Bonchev–Trinajstić information content (AvgIpc) is 2.17. The quantitative estimate of drug-likeness (QED) is 0.767. The molecule has 0 amide bonds. The van der Waals surface area contributed by atoms with Crippen LogP contribution in [0, 0.1) is 0 Å². The standard InChI is InChI=1S/C13H21NSi/c1-14-10-6-8-12-7-5-9-13(11-12)15(2,3)4/h5-9,11,14H,10H2,1-4H3. The topological polar surface area (TPSA) is 12.0 Å². The molecule has 0 atom stereocenters. The van der Waals surface area contributed by atoms with Crippen molar-refractivity contribution in [3.8, 4) is 0 Å². The SMILES string of the molecule is CNCC=Cc1cccc([Si](C)(C)C)c1. The molecule has 0 aromatic heterocycles. The molecule has 0 heterocycles. The number of likely N-dealkylation sites (N-methyl/N-ethyl adjacent to an activating group) is 1. The number of rotatable bonds is 4. The summed E-state index contributed by atoms with van der Waals surface area (Å²) in [6.07, 6.45) is 4.34. The van der Waals surface area contributed by atoms with E-state index < -0.39 is 8.07 Å². The van der Waals surface area contributed by atoms with Crippen LogP contribution >= 0.6 is 0 Å². The first-order chi connectivity index (χ1) is 7.04. The highest BCUT2D eigenvalue weighted by atomic mass is 28.3. The van der Waals surface area contributed by atoms with E-state index >= 15 is 0 Å². The van der Waals surface area contributed by atoms with Crippen molar-refractivity contribution in [3.63, 3.8) is 0 Å². The Hall–Kier alpha value is -0.863. The maximum absolute atomic E-state index is 3.10. The molecule has 1 rings (SSSR count). The fourth-order valence-corrected chi connectivity index (χ4v) is 2.62. The third kappa shape index (κ3) is 4.02. The van der Waals surface area contributed by atoms with Crippen LogP contribution < -0.4 is 10.5 Å². The van der Waals surface area contributed by atoms with E-state index in [9.17, 15) is 0 Å². The molecule has 0 aliphatic carbocycles. The summed E-state index contributed by atoms with van der Waals surface area (Å²) in [5, 5.41) is 4.63. The summed E-state index contributed by atoms with van der Waals surface area (Å²) in [5.41, 5.74) is 1.31. The van der Waals surface area contributed by atoms with E-state index in [4.69, 9.17) is 0 Å². The van der Waals surface area contributed by atoms with E-state index in [0.29, 0.717) is 0 Å². The summed E-state index contributed by atoms with van der Waals surface area (Å²) < 4.78 is 0. The first kappa shape index (κ1) is 12.2. The predicted octanol–water partition coefficient (Wildman–Crippen LogP) is 2.46. The van der Waals surface area contributed by atoms with E-state index in [0.717, 1.165) is 6.54 Å². The average molecular weight is 219 g/mol. The van der Waals surface area contributed by atoms with E-state index in [2.05, 4.69) is 61.4 Å². The lowest BCUT2D eigenvalue weighted by Gasteiger charge is -2.16. The molecule has 0 saturated carbocycles. The maximum atomic E-state index is 3.10. The van der Waals surface area contributed by atoms with Crippen LogP contribution in [0.3, 0.4) is 0 Å². The Morgan fingerprint density at radius 2 is 2.00 bits per heavy atom. The first-order valence-corrected chi connectivity index (χ1v) is 8.96. The van der Waals surface area contributed by atoms with Crippen molar-refractivity contribution < 1.29 is 0 Å². The summed E-state index contributed by atoms with van der Waals surface area (Å²) in [7, 11) is 0.799. The summed E-state index contributed by atoms with van der Waals surface area (Å²) in [5.74, 6) is 0. The minimum absolute atomic E-state index is 0.928. The molecule has 15 heavy (non-hydrogen) atoms. The van der Waals surface area contributed by atoms with Crippen LogP contribution in [0.5, 0.6) is 0 Å². The predicted molar refractivity (Wildman–Crippen MR) is 72.4 cm³/mol. The maximum Gasteiger partial charge on any atom is 0.0776 e. The van der Waals surface area contributed by atoms with Crippen molar-refractivity contribution in [2.24, 2.45) is 0 Å². The van der Waals surface area contributed by atoms with Gasteiger partial charge >= 0.3 is 0 Å². The van der Waals surface area contributed by atoms with Crippen LogP contribution in [0.2, 0.25) is 19.6 Å². The first-order valence-electron chi connectivity index (χ1n) is 5.46. The minimum atomic E-state index is -1.16. The second-order valence-corrected chi connectivity index (χ2v) is 9.91. The van der Waals surface area contributed by atoms with Gasteiger partial charge in [0.15, 0.2) is 0 Å². The Morgan fingerprint density at radius 3 is 2.60 bits per heavy atom. The zero-order valence-corrected chi connectivity index (χ0v) is 11.2. The van der Waals surface area contributed by atoms with E-state index in [1.807, 2.05) is 7.05 Å². The molecule has 0 radical (unpaired) electrons. The zero-order valence-electron chi connectivity index (χ0n) is 10.2. The Bertz CT molecular complexity index is 337. The molecule has 0 spiro atoms. The van der Waals surface area contributed by atoms with Gasteiger partial charge < -0.3 is 5.32 Å². The second-order valence-electron chi connectivity index (χ2n) is 4.84. The van der Waals surface area contributed by atoms with Crippen molar-refractivity contribution in [3.05, 3.63) is 35.9 Å². The van der Waals surface area contributed by atoms with Crippen molar-refractivity contribution >= 4 is 19.3 Å². The highest BCUT2D eigenvalue weighted by Crippen LogP contribution is 2.06. The highest BCUT2D eigenvalue weighted by molar-refractivity contribution is 6.88. The fourth-order valence-electron chi connectivity index (χ4n) is 1.42. The van der Waals surface area contributed by atoms with Gasteiger partial charge in [0, 0.05) is 6.54 Å². The van der Waals surface area contributed by atoms with E-state index in [1.54, 1.807) is 0 Å². The third-order valence-corrected chi connectivity index (χ3v) is 4.43. The lowest BCUT2D eigenvalue weighted by atomic mass is 10.2. The van der Waals surface area contributed by atoms with Crippen LogP contribution in [0.25, 0.3) is 6.08 Å². The number of hydrogen-bond acceptors (Lipinski definition) is 1. The van der Waals surface area contributed by atoms with Crippen molar-refractivity contribution in [1.29, 1.82) is 0 Å². The normalized spacial score (nSPS) is 12.3. The molecular weight excluding hydrogens is 198 g/mol. The van der Waals surface area contributed by atoms with Gasteiger partial charge in [-0.1, -0.05) is 61.2 Å². The van der Waals surface area contributed by atoms with Gasteiger partial charge in [0.2, 0.25) is 0 Å². The molecule has 0 aliphatic rings. The van der Waals surface area contributed by atoms with Crippen LogP contribution in [-0.2, 0) is 0 Å². The number of nitrogens with one attached hydrogen (secondary N) is 1. The van der Waals surface area contributed by atoms with Gasteiger partial charge in [-0.2, -0.15) is 0 Å². The van der Waals surface area contributed by atoms with Gasteiger partial charge in [0.1, 0.15) is 0 Å². The number of hydrogen-bond donors (Lipinski definition) is 1. The van der Waals surface area contributed by atoms with E-state index in [1.165, 1.54) is 10.8 Å². The highest BCUT2D eigenvalue weighted by Gasteiger charge is 2.15. The smallest absolute Gasteiger partial charge is 0.0776 e. The van der Waals surface area contributed by atoms with Gasteiger partial charge in [0.25, 0.3) is 0 Å². The molecule has 0 unspecified atom stereocenters. The second kappa shape index (κ2) is 5.28. The van der Waals surface area contributed by atoms with Gasteiger partial charge in [-0.3, -0.25) is 0 Å². The van der Waals surface area contributed by atoms with Crippen molar-refractivity contribution in [1.82, 2.24) is 5.32 Å². The molecule has 0 saturated heterocycles. The molecule has 1 nitrogen and oxygen atoms in total. The Labute approximate surface area is 94.2 Å². The summed E-state index contributed by atoms with van der Waals surface area (Å²) in [4.78, 5) is 0. The Balaban J connectivity index is 2.84. The van der Waals surface area contributed by atoms with Gasteiger partial charge in [-0.05, 0) is 12.6 Å². The van der Waals surface area contributed by atoms with E-state index in [-0.39, 0.29) is 0 Å². The molecule has 1 aromatic carbocycles. The lowest BCUT2D eigenvalue weighted by Crippen LogP contribution is -2.37. The van der Waals surface area contributed by atoms with Crippen LogP contribution in [-0.4, -0.2) is 21.7 Å². The number of benzene rings is 1. The fraction of sp³-hybridized carbons (Fsp3) is 0.385. The van der Waals surface area contributed by atoms with Crippen LogP contribution in [0.15, 0.2) is 30.3 Å². The largest absolute Gasteiger partial charge is 0.316 e. The molecule has 82 valence electrons. The summed E-state index contributed by atoms with van der Waals surface area (Å²) in [6, 6.07) is 8.89. The minimum Gasteiger partial charge on any atom is -0.316 e. The molecule has 0 fully saturated rings. The molecule has 0 bridgehead atoms. The zero-order chi connectivity index (χ0) is 11.3. The van der Waals surface area contributed by atoms with Crippen LogP contribution in [0.4, 0.5) is 0 Å². The molecular formula is C13H21NSi. The van der Waals surface area contributed by atoms with Gasteiger partial charge in [-0.15, -0.1) is 0 Å². The molecule has 1 aromatic rings. The van der Waals surface area contributed by atoms with Gasteiger partial charge in [-0.25, -0.2) is 0 Å². The third-order valence-electron chi connectivity index (χ3n) is 2.38. The van der Waals surface area contributed by atoms with Gasteiger partial charge in [0.05, 0.1) is 8.07 Å².